The summed E-state index contributed by atoms with van der Waals surface area (Å²) in [6.45, 7) is -0.254. The monoisotopic (exact) mass is 539 g/mol. The zero-order valence-corrected chi connectivity index (χ0v) is 21.4. The van der Waals surface area contributed by atoms with Gasteiger partial charge in [0.1, 0.15) is 18.0 Å². The fraction of sp³-hybridized carbons (Fsp3) is 0.370. The van der Waals surface area contributed by atoms with Crippen molar-refractivity contribution in [3.63, 3.8) is 0 Å². The van der Waals surface area contributed by atoms with Crippen molar-refractivity contribution >= 4 is 22.8 Å². The predicted molar refractivity (Wildman–Crippen MR) is 141 cm³/mol. The molecular formula is C27H31F2N7O3. The lowest BCUT2D eigenvalue weighted by Crippen LogP contribution is -2.47. The second kappa shape index (κ2) is 10.5. The topological polar surface area (TPSA) is 151 Å². The number of aromatic nitrogens is 2. The molecule has 1 aliphatic carbocycles. The summed E-state index contributed by atoms with van der Waals surface area (Å²) in [5.41, 5.74) is 10.4. The summed E-state index contributed by atoms with van der Waals surface area (Å²) in [6, 6.07) is 8.10. The van der Waals surface area contributed by atoms with Gasteiger partial charge in [-0.15, -0.1) is 0 Å². The average molecular weight is 540 g/mol. The first-order chi connectivity index (χ1) is 18.7. The van der Waals surface area contributed by atoms with Crippen molar-refractivity contribution in [2.45, 2.75) is 49.9 Å². The van der Waals surface area contributed by atoms with Crippen molar-refractivity contribution in [3.05, 3.63) is 81.3 Å². The summed E-state index contributed by atoms with van der Waals surface area (Å²) in [7, 11) is 1.62. The molecule has 0 spiro atoms. The van der Waals surface area contributed by atoms with Crippen LogP contribution in [0.15, 0.2) is 53.1 Å². The largest absolute Gasteiger partial charge is 0.403 e. The number of aromatic amines is 1. The van der Waals surface area contributed by atoms with Gasteiger partial charge < -0.3 is 26.4 Å². The van der Waals surface area contributed by atoms with Crippen molar-refractivity contribution in [1.29, 1.82) is 0 Å². The number of imidazole rings is 1. The highest BCUT2D eigenvalue weighted by molar-refractivity contribution is 5.90. The normalized spacial score (nSPS) is 20.3. The maximum absolute atomic E-state index is 15.1. The number of alkyl halides is 1. The Bertz CT molecular complexity index is 1510. The number of likely N-dealkylation sites (tertiary alicyclic amines) is 1. The van der Waals surface area contributed by atoms with E-state index in [4.69, 9.17) is 11.6 Å². The van der Waals surface area contributed by atoms with Crippen LogP contribution in [0.2, 0.25) is 0 Å². The number of nitrogens with one attached hydrogen (secondary N) is 3. The van der Waals surface area contributed by atoms with E-state index in [1.165, 1.54) is 15.5 Å². The Labute approximate surface area is 223 Å². The molecular weight excluding hydrogens is 508 g/mol. The fourth-order valence-corrected chi connectivity index (χ4v) is 5.27. The summed E-state index contributed by atoms with van der Waals surface area (Å²) < 4.78 is 31.1. The summed E-state index contributed by atoms with van der Waals surface area (Å²) >= 11 is 0. The van der Waals surface area contributed by atoms with Crippen LogP contribution in [0.1, 0.15) is 54.3 Å². The van der Waals surface area contributed by atoms with Gasteiger partial charge in [-0.1, -0.05) is 24.3 Å². The molecule has 1 saturated heterocycles. The van der Waals surface area contributed by atoms with Gasteiger partial charge in [0.25, 0.3) is 0 Å². The number of aryl methyl sites for hydroxylation is 1. The molecule has 2 aromatic carbocycles. The van der Waals surface area contributed by atoms with Gasteiger partial charge in [0.05, 0.1) is 35.7 Å². The second-order valence-corrected chi connectivity index (χ2v) is 10.1. The molecule has 2 heterocycles. The van der Waals surface area contributed by atoms with Crippen LogP contribution in [0.3, 0.4) is 0 Å². The lowest BCUT2D eigenvalue weighted by atomic mass is 9.95. The quantitative estimate of drug-likeness (QED) is 0.217. The molecule has 0 radical (unpaired) electrons. The molecule has 1 aliphatic heterocycles. The number of carbonyl (C=O) groups excluding carboxylic acids is 2. The minimum absolute atomic E-state index is 0.191. The van der Waals surface area contributed by atoms with Crippen molar-refractivity contribution in [2.75, 3.05) is 6.54 Å². The number of H-pyrrole nitrogens is 1. The van der Waals surface area contributed by atoms with E-state index >= 15 is 4.39 Å². The maximum atomic E-state index is 15.1. The minimum Gasteiger partial charge on any atom is -0.403 e. The lowest BCUT2D eigenvalue weighted by molar-refractivity contribution is -0.138. The van der Waals surface area contributed by atoms with Gasteiger partial charge in [-0.3, -0.25) is 20.0 Å². The molecule has 2 fully saturated rings. The lowest BCUT2D eigenvalue weighted by Gasteiger charge is -2.27. The number of halogens is 2. The predicted octanol–water partition coefficient (Wildman–Crippen LogP) is 1.68. The van der Waals surface area contributed by atoms with Crippen molar-refractivity contribution in [3.8, 4) is 0 Å². The van der Waals surface area contributed by atoms with Gasteiger partial charge in [-0.25, -0.2) is 13.6 Å². The molecule has 10 nitrogen and oxygen atoms in total. The molecule has 1 unspecified atom stereocenters. The minimum atomic E-state index is -1.40. The van der Waals surface area contributed by atoms with Crippen LogP contribution in [-0.2, 0) is 16.6 Å². The Morgan fingerprint density at radius 3 is 2.69 bits per heavy atom. The molecule has 0 bridgehead atoms. The number of hydrazine groups is 1. The van der Waals surface area contributed by atoms with Gasteiger partial charge >= 0.3 is 5.69 Å². The Balaban J connectivity index is 1.51. The third kappa shape index (κ3) is 5.11. The van der Waals surface area contributed by atoms with E-state index in [1.807, 2.05) is 0 Å². The zero-order chi connectivity index (χ0) is 27.8. The molecule has 2 aliphatic rings. The highest BCUT2D eigenvalue weighted by Gasteiger charge is 2.41. The molecule has 7 N–H and O–H groups in total. The number of nitrogens with two attached hydrogens (primary N) is 2. The Morgan fingerprint density at radius 1 is 1.26 bits per heavy atom. The summed E-state index contributed by atoms with van der Waals surface area (Å²) in [5, 5.41) is 2.91. The first-order valence-corrected chi connectivity index (χ1v) is 12.8. The van der Waals surface area contributed by atoms with E-state index in [2.05, 4.69) is 15.7 Å². The van der Waals surface area contributed by atoms with Crippen molar-refractivity contribution in [2.24, 2.45) is 18.6 Å². The molecule has 39 heavy (non-hydrogen) atoms. The van der Waals surface area contributed by atoms with E-state index in [1.54, 1.807) is 37.4 Å². The van der Waals surface area contributed by atoms with E-state index in [0.29, 0.717) is 27.7 Å². The van der Waals surface area contributed by atoms with E-state index < -0.39 is 30.1 Å². The van der Waals surface area contributed by atoms with Crippen LogP contribution in [0, 0.1) is 5.82 Å². The molecule has 3 aromatic rings. The SMILES string of the molecule is Cn1c(=O)[nH]c2c(C(NC(=O)[C@@H]3C[C@@H](F)CN3C(=O)C/C(=C/N)NN)c3ccc(C4CC4)c(F)c3)cccc21. The maximum Gasteiger partial charge on any atom is 0.326 e. The van der Waals surface area contributed by atoms with Crippen LogP contribution < -0.4 is 28.0 Å². The molecule has 5 rings (SSSR count). The van der Waals surface area contributed by atoms with Crippen LogP contribution in [0.4, 0.5) is 8.78 Å². The number of fused-ring (bicyclic) bond motifs is 1. The summed E-state index contributed by atoms with van der Waals surface area (Å²) in [4.78, 5) is 42.9. The standard InChI is InChI=1S/C27H31F2N7O3/c1-35-21-4-2-3-19(25(21)33-27(35)39)24(15-7-8-18(14-5-6-14)20(29)9-15)32-26(38)22-10-16(28)13-36(22)23(37)11-17(12-30)34-31/h2-4,7-9,12,14,16,22,24,34H,5-6,10-11,13,30-31H2,1H3,(H,32,38)(H,33,39)/b17-12-/t16-,22+,24?/m1/s1. The fourth-order valence-electron chi connectivity index (χ4n) is 5.27. The molecule has 3 atom stereocenters. The summed E-state index contributed by atoms with van der Waals surface area (Å²) in [6.07, 6.45) is 1.17. The van der Waals surface area contributed by atoms with Gasteiger partial charge in [0.15, 0.2) is 0 Å². The second-order valence-electron chi connectivity index (χ2n) is 10.1. The highest BCUT2D eigenvalue weighted by atomic mass is 19.1. The Kier molecular flexibility index (Phi) is 7.13. The highest BCUT2D eigenvalue weighted by Crippen LogP contribution is 2.42. The average Bonchev–Trinajstić information content (AvgIpc) is 3.62. The number of rotatable bonds is 8. The van der Waals surface area contributed by atoms with E-state index in [9.17, 15) is 18.8 Å². The van der Waals surface area contributed by atoms with E-state index in [0.717, 1.165) is 19.0 Å². The number of para-hydroxylation sites is 1. The van der Waals surface area contributed by atoms with Crippen LogP contribution in [0.5, 0.6) is 0 Å². The van der Waals surface area contributed by atoms with Crippen molar-refractivity contribution in [1.82, 2.24) is 25.2 Å². The number of hydrogen-bond donors (Lipinski definition) is 5. The Morgan fingerprint density at radius 2 is 2.03 bits per heavy atom. The molecule has 1 saturated carbocycles. The van der Waals surface area contributed by atoms with Gasteiger partial charge in [-0.2, -0.15) is 0 Å². The zero-order valence-electron chi connectivity index (χ0n) is 21.4. The van der Waals surface area contributed by atoms with Crippen LogP contribution >= 0.6 is 0 Å². The number of nitrogens with zero attached hydrogens (tertiary/aromatic N) is 2. The van der Waals surface area contributed by atoms with Crippen LogP contribution in [0.25, 0.3) is 11.0 Å². The first-order valence-electron chi connectivity index (χ1n) is 12.8. The van der Waals surface area contributed by atoms with Gasteiger partial charge in [-0.05, 0) is 42.0 Å². The van der Waals surface area contributed by atoms with E-state index in [-0.39, 0.29) is 42.5 Å². The molecule has 1 aromatic heterocycles. The third-order valence-electron chi connectivity index (χ3n) is 7.55. The molecule has 206 valence electrons. The number of benzene rings is 2. The molecule has 2 amide bonds. The van der Waals surface area contributed by atoms with Gasteiger partial charge in [0, 0.05) is 25.2 Å². The third-order valence-corrected chi connectivity index (χ3v) is 7.55. The summed E-state index contributed by atoms with van der Waals surface area (Å²) in [5.74, 6) is 4.07. The van der Waals surface area contributed by atoms with Gasteiger partial charge in [0.2, 0.25) is 11.8 Å². The molecule has 12 heteroatoms. The van der Waals surface area contributed by atoms with Crippen molar-refractivity contribution < 1.29 is 18.4 Å². The first kappa shape index (κ1) is 26.4. The Hall–Kier alpha value is -4.19. The number of hydrogen-bond acceptors (Lipinski definition) is 6. The number of amides is 2. The number of carbonyl (C=O) groups is 2. The smallest absolute Gasteiger partial charge is 0.326 e. The van der Waals surface area contributed by atoms with Crippen LogP contribution in [-0.4, -0.2) is 45.0 Å².